The molecule has 0 atom stereocenters. The topological polar surface area (TPSA) is 62.6 Å². The zero-order valence-corrected chi connectivity index (χ0v) is 20.2. The van der Waals surface area contributed by atoms with E-state index in [1.165, 1.54) is 4.31 Å². The molecule has 32 heavy (non-hydrogen) atoms. The molecule has 0 bridgehead atoms. The van der Waals surface area contributed by atoms with Gasteiger partial charge in [0, 0.05) is 37.4 Å². The van der Waals surface area contributed by atoms with E-state index in [2.05, 4.69) is 13.8 Å². The highest BCUT2D eigenvalue weighted by Gasteiger charge is 2.29. The van der Waals surface area contributed by atoms with Gasteiger partial charge in [-0.05, 0) is 35.9 Å². The first-order chi connectivity index (χ1) is 15.2. The molecule has 1 amide bonds. The average Bonchev–Trinajstić information content (AvgIpc) is 3.16. The van der Waals surface area contributed by atoms with Crippen LogP contribution in [0.4, 0.5) is 0 Å². The third-order valence-electron chi connectivity index (χ3n) is 5.49. The molecule has 7 heteroatoms. The lowest BCUT2D eigenvalue weighted by molar-refractivity contribution is -0.132. The molecule has 2 aromatic carbocycles. The minimum Gasteiger partial charge on any atom is -0.353 e. The van der Waals surface area contributed by atoms with Crippen LogP contribution in [0.5, 0.6) is 0 Å². The van der Waals surface area contributed by atoms with E-state index in [9.17, 15) is 13.2 Å². The van der Waals surface area contributed by atoms with Gasteiger partial charge in [-0.1, -0.05) is 57.2 Å². The Balaban J connectivity index is 1.91. The second-order valence-electron chi connectivity index (χ2n) is 8.59. The van der Waals surface area contributed by atoms with E-state index in [4.69, 9.17) is 0 Å². The van der Waals surface area contributed by atoms with E-state index < -0.39 is 10.0 Å². The van der Waals surface area contributed by atoms with Crippen molar-refractivity contribution in [2.45, 2.75) is 38.6 Å². The number of nitrogens with zero attached hydrogens (tertiary/aromatic N) is 3. The molecular formula is C25H33N3O3S. The Morgan fingerprint density at radius 2 is 1.75 bits per heavy atom. The van der Waals surface area contributed by atoms with Crippen LogP contribution in [0.1, 0.15) is 32.9 Å². The van der Waals surface area contributed by atoms with Gasteiger partial charge >= 0.3 is 0 Å². The Hall–Kier alpha value is -2.64. The number of carbonyl (C=O) groups is 1. The molecule has 0 spiro atoms. The monoisotopic (exact) mass is 455 g/mol. The van der Waals surface area contributed by atoms with Crippen LogP contribution in [0.25, 0.3) is 10.8 Å². The van der Waals surface area contributed by atoms with E-state index in [-0.39, 0.29) is 29.8 Å². The number of hydrogen-bond donors (Lipinski definition) is 0. The molecule has 3 aromatic rings. The maximum Gasteiger partial charge on any atom is 0.244 e. The highest BCUT2D eigenvalue weighted by atomic mass is 32.2. The number of hydrogen-bond acceptors (Lipinski definition) is 3. The maximum absolute atomic E-state index is 13.6. The normalized spacial score (nSPS) is 12.1. The Morgan fingerprint density at radius 1 is 1.03 bits per heavy atom. The number of amides is 1. The van der Waals surface area contributed by atoms with Gasteiger partial charge in [-0.15, -0.1) is 0 Å². The highest BCUT2D eigenvalue weighted by molar-refractivity contribution is 7.89. The fraction of sp³-hybridized carbons (Fsp3) is 0.400. The van der Waals surface area contributed by atoms with E-state index >= 15 is 0 Å². The molecule has 6 nitrogen and oxygen atoms in total. The zero-order chi connectivity index (χ0) is 23.3. The first-order valence-corrected chi connectivity index (χ1v) is 12.5. The Bertz CT molecular complexity index is 1160. The van der Waals surface area contributed by atoms with Gasteiger partial charge in [-0.2, -0.15) is 4.31 Å². The lowest BCUT2D eigenvalue weighted by atomic mass is 10.1. The summed E-state index contributed by atoms with van der Waals surface area (Å²) in [6.07, 6.45) is 2.57. The van der Waals surface area contributed by atoms with Gasteiger partial charge in [0.2, 0.25) is 15.9 Å². The predicted octanol–water partition coefficient (Wildman–Crippen LogP) is 4.26. The molecule has 0 aliphatic heterocycles. The first kappa shape index (κ1) is 24.0. The molecule has 0 saturated heterocycles. The Kier molecular flexibility index (Phi) is 7.74. The number of carbonyl (C=O) groups excluding carboxylic acids is 1. The van der Waals surface area contributed by atoms with Crippen LogP contribution in [0.15, 0.2) is 65.7 Å². The van der Waals surface area contributed by atoms with E-state index in [1.807, 2.05) is 67.2 Å². The summed E-state index contributed by atoms with van der Waals surface area (Å²) in [5, 5.41) is 1.54. The number of fused-ring (bicyclic) bond motifs is 1. The Morgan fingerprint density at radius 3 is 2.41 bits per heavy atom. The molecule has 3 rings (SSSR count). The summed E-state index contributed by atoms with van der Waals surface area (Å²) in [6, 6.07) is 16.6. The third-order valence-corrected chi connectivity index (χ3v) is 7.40. The molecule has 0 radical (unpaired) electrons. The van der Waals surface area contributed by atoms with Crippen LogP contribution in [0.3, 0.4) is 0 Å². The summed E-state index contributed by atoms with van der Waals surface area (Å²) in [7, 11) is -1.89. The number of benzene rings is 2. The van der Waals surface area contributed by atoms with E-state index in [1.54, 1.807) is 17.0 Å². The van der Waals surface area contributed by atoms with Gasteiger partial charge in [0.1, 0.15) is 0 Å². The molecule has 1 aromatic heterocycles. The van der Waals surface area contributed by atoms with Crippen LogP contribution in [0, 0.1) is 5.92 Å². The van der Waals surface area contributed by atoms with Crippen molar-refractivity contribution in [2.24, 2.45) is 13.0 Å². The van der Waals surface area contributed by atoms with Crippen LogP contribution in [0.2, 0.25) is 0 Å². The van der Waals surface area contributed by atoms with E-state index in [0.717, 1.165) is 11.1 Å². The molecule has 0 fully saturated rings. The van der Waals surface area contributed by atoms with Gasteiger partial charge in [0.05, 0.1) is 18.0 Å². The average molecular weight is 456 g/mol. The minimum absolute atomic E-state index is 0.170. The van der Waals surface area contributed by atoms with Crippen LogP contribution < -0.4 is 0 Å². The standard InChI is InChI=1S/C25H33N3O3S/c1-5-15-28(32(30,31)24-14-8-11-21-10-6-7-13-23(21)24)19-25(29)27(17-20(2)3)18-22-12-9-16-26(22)4/h6-14,16,20H,5,15,17-19H2,1-4H3. The van der Waals surface area contributed by atoms with Gasteiger partial charge in [0.25, 0.3) is 0 Å². The number of aromatic nitrogens is 1. The van der Waals surface area contributed by atoms with Crippen molar-refractivity contribution in [3.63, 3.8) is 0 Å². The van der Waals surface area contributed by atoms with Crippen molar-refractivity contribution < 1.29 is 13.2 Å². The van der Waals surface area contributed by atoms with Gasteiger partial charge in [-0.25, -0.2) is 8.42 Å². The SMILES string of the molecule is CCCN(CC(=O)N(Cc1cccn1C)CC(C)C)S(=O)(=O)c1cccc2ccccc12. The number of aryl methyl sites for hydroxylation is 1. The van der Waals surface area contributed by atoms with Crippen LogP contribution in [-0.2, 0) is 28.4 Å². The summed E-state index contributed by atoms with van der Waals surface area (Å²) >= 11 is 0. The summed E-state index contributed by atoms with van der Waals surface area (Å²) in [5.74, 6) is 0.0886. The molecule has 1 heterocycles. The summed E-state index contributed by atoms with van der Waals surface area (Å²) in [4.78, 5) is 15.4. The van der Waals surface area contributed by atoms with Crippen LogP contribution in [-0.4, -0.2) is 47.7 Å². The summed E-state index contributed by atoms with van der Waals surface area (Å²) in [6.45, 7) is 7.18. The smallest absolute Gasteiger partial charge is 0.244 e. The van der Waals surface area contributed by atoms with E-state index in [0.29, 0.717) is 24.9 Å². The molecule has 0 aliphatic rings. The zero-order valence-electron chi connectivity index (χ0n) is 19.4. The van der Waals surface area contributed by atoms with Crippen molar-refractivity contribution in [3.8, 4) is 0 Å². The fourth-order valence-electron chi connectivity index (χ4n) is 3.90. The summed E-state index contributed by atoms with van der Waals surface area (Å²) < 4.78 is 30.6. The quantitative estimate of drug-likeness (QED) is 0.459. The fourth-order valence-corrected chi connectivity index (χ4v) is 5.59. The van der Waals surface area contributed by atoms with Gasteiger partial charge in [0.15, 0.2) is 0 Å². The molecule has 0 saturated carbocycles. The van der Waals surface area contributed by atoms with Crippen LogP contribution >= 0.6 is 0 Å². The predicted molar refractivity (Wildman–Crippen MR) is 129 cm³/mol. The molecular weight excluding hydrogens is 422 g/mol. The second-order valence-corrected chi connectivity index (χ2v) is 10.5. The first-order valence-electron chi connectivity index (χ1n) is 11.1. The van der Waals surface area contributed by atoms with Crippen molar-refractivity contribution in [3.05, 3.63) is 66.5 Å². The second kappa shape index (κ2) is 10.3. The highest BCUT2D eigenvalue weighted by Crippen LogP contribution is 2.26. The molecule has 172 valence electrons. The van der Waals surface area contributed by atoms with Crippen molar-refractivity contribution in [2.75, 3.05) is 19.6 Å². The largest absolute Gasteiger partial charge is 0.353 e. The van der Waals surface area contributed by atoms with Crippen molar-refractivity contribution in [1.82, 2.24) is 13.8 Å². The maximum atomic E-state index is 13.6. The van der Waals surface area contributed by atoms with Gasteiger partial charge < -0.3 is 9.47 Å². The molecule has 0 N–H and O–H groups in total. The minimum atomic E-state index is -3.84. The number of rotatable bonds is 10. The number of sulfonamides is 1. The lowest BCUT2D eigenvalue weighted by Crippen LogP contribution is -2.44. The third kappa shape index (κ3) is 5.40. The van der Waals surface area contributed by atoms with Crippen molar-refractivity contribution in [1.29, 1.82) is 0 Å². The summed E-state index contributed by atoms with van der Waals surface area (Å²) in [5.41, 5.74) is 1.01. The van der Waals surface area contributed by atoms with Gasteiger partial charge in [-0.3, -0.25) is 4.79 Å². The lowest BCUT2D eigenvalue weighted by Gasteiger charge is -2.28. The van der Waals surface area contributed by atoms with Crippen molar-refractivity contribution >= 4 is 26.7 Å². The molecule has 0 aliphatic carbocycles. The Labute approximate surface area is 191 Å². The molecule has 0 unspecified atom stereocenters.